The summed E-state index contributed by atoms with van der Waals surface area (Å²) in [7, 11) is 1.54. The van der Waals surface area contributed by atoms with E-state index in [0.29, 0.717) is 29.4 Å². The van der Waals surface area contributed by atoms with E-state index in [4.69, 9.17) is 9.47 Å². The van der Waals surface area contributed by atoms with Crippen molar-refractivity contribution in [3.05, 3.63) is 112 Å². The molecule has 0 spiro atoms. The number of rotatable bonds is 8. The molecule has 178 valence electrons. The van der Waals surface area contributed by atoms with Crippen molar-refractivity contribution in [3.63, 3.8) is 0 Å². The maximum Gasteiger partial charge on any atom is 0.269 e. The number of nitriles is 1. The Morgan fingerprint density at radius 3 is 2.50 bits per heavy atom. The summed E-state index contributed by atoms with van der Waals surface area (Å²) in [5.74, 6) is 0.342. The van der Waals surface area contributed by atoms with Gasteiger partial charge in [-0.25, -0.2) is 0 Å². The first-order valence-electron chi connectivity index (χ1n) is 10.9. The van der Waals surface area contributed by atoms with Gasteiger partial charge < -0.3 is 14.8 Å². The molecule has 0 aliphatic heterocycles. The molecule has 0 aliphatic carbocycles. The fourth-order valence-electron chi connectivity index (χ4n) is 3.65. The van der Waals surface area contributed by atoms with Gasteiger partial charge in [0.15, 0.2) is 11.5 Å². The zero-order valence-corrected chi connectivity index (χ0v) is 19.3. The van der Waals surface area contributed by atoms with Crippen LogP contribution in [0.2, 0.25) is 0 Å². The predicted octanol–water partition coefficient (Wildman–Crippen LogP) is 5.88. The first kappa shape index (κ1) is 24.0. The Hall–Kier alpha value is -5.16. The number of hydrogen-bond acceptors (Lipinski definition) is 6. The first-order valence-corrected chi connectivity index (χ1v) is 10.9. The molecule has 4 rings (SSSR count). The third-order valence-electron chi connectivity index (χ3n) is 5.46. The van der Waals surface area contributed by atoms with E-state index in [-0.39, 0.29) is 11.3 Å². The van der Waals surface area contributed by atoms with Crippen molar-refractivity contribution in [2.24, 2.45) is 0 Å². The zero-order chi connectivity index (χ0) is 25.5. The summed E-state index contributed by atoms with van der Waals surface area (Å²) in [5, 5.41) is 25.1. The lowest BCUT2D eigenvalue weighted by Gasteiger charge is -2.13. The molecule has 0 saturated heterocycles. The van der Waals surface area contributed by atoms with Crippen LogP contribution in [0.1, 0.15) is 11.1 Å². The number of nitro benzene ring substituents is 1. The van der Waals surface area contributed by atoms with Gasteiger partial charge in [0.25, 0.3) is 11.6 Å². The Labute approximate surface area is 207 Å². The number of carbonyl (C=O) groups is 1. The smallest absolute Gasteiger partial charge is 0.269 e. The third-order valence-corrected chi connectivity index (χ3v) is 5.46. The van der Waals surface area contributed by atoms with Gasteiger partial charge in [0, 0.05) is 17.8 Å². The van der Waals surface area contributed by atoms with Gasteiger partial charge in [0.1, 0.15) is 18.2 Å². The Kier molecular flexibility index (Phi) is 7.22. The van der Waals surface area contributed by atoms with E-state index < -0.39 is 10.8 Å². The van der Waals surface area contributed by atoms with Gasteiger partial charge in [-0.1, -0.05) is 48.5 Å². The molecule has 0 fully saturated rings. The molecule has 0 atom stereocenters. The molecule has 36 heavy (non-hydrogen) atoms. The van der Waals surface area contributed by atoms with E-state index in [1.165, 1.54) is 37.5 Å². The lowest BCUT2D eigenvalue weighted by Crippen LogP contribution is -2.13. The Balaban J connectivity index is 1.54. The SMILES string of the molecule is COc1ccc(C=C(C#N)C(=O)Nc2ccc([N+](=O)[O-])cc2)cc1OCc1cccc2ccccc12. The van der Waals surface area contributed by atoms with E-state index in [1.807, 2.05) is 48.5 Å². The van der Waals surface area contributed by atoms with Gasteiger partial charge in [-0.3, -0.25) is 14.9 Å². The van der Waals surface area contributed by atoms with Crippen LogP contribution in [0.3, 0.4) is 0 Å². The minimum atomic E-state index is -0.639. The highest BCUT2D eigenvalue weighted by atomic mass is 16.6. The number of hydrogen-bond donors (Lipinski definition) is 1. The molecular formula is C28H21N3O5. The number of nitrogens with zero attached hydrogens (tertiary/aromatic N) is 2. The minimum absolute atomic E-state index is 0.0988. The number of methoxy groups -OCH3 is 1. The van der Waals surface area contributed by atoms with Crippen molar-refractivity contribution in [2.75, 3.05) is 12.4 Å². The molecule has 8 nitrogen and oxygen atoms in total. The van der Waals surface area contributed by atoms with Gasteiger partial charge >= 0.3 is 0 Å². The topological polar surface area (TPSA) is 114 Å². The average molecular weight is 479 g/mol. The lowest BCUT2D eigenvalue weighted by atomic mass is 10.1. The monoisotopic (exact) mass is 479 g/mol. The predicted molar refractivity (Wildman–Crippen MR) is 137 cm³/mol. The molecule has 0 bridgehead atoms. The highest BCUT2D eigenvalue weighted by Gasteiger charge is 2.13. The summed E-state index contributed by atoms with van der Waals surface area (Å²) < 4.78 is 11.5. The number of carbonyl (C=O) groups excluding carboxylic acids is 1. The van der Waals surface area contributed by atoms with Gasteiger partial charge in [0.05, 0.1) is 12.0 Å². The molecule has 0 aliphatic rings. The summed E-state index contributed by atoms with van der Waals surface area (Å²) in [4.78, 5) is 22.9. The summed E-state index contributed by atoms with van der Waals surface area (Å²) in [6, 6.07) is 26.4. The van der Waals surface area contributed by atoms with Gasteiger partial charge in [0.2, 0.25) is 0 Å². The van der Waals surface area contributed by atoms with Gasteiger partial charge in [-0.15, -0.1) is 0 Å². The number of nitro groups is 1. The van der Waals surface area contributed by atoms with Gasteiger partial charge in [-0.2, -0.15) is 5.26 Å². The maximum atomic E-state index is 12.6. The standard InChI is InChI=1S/C28H21N3O5/c1-35-26-14-9-19(15-22(17-29)28(32)30-23-10-12-24(13-11-23)31(33)34)16-27(26)36-18-21-7-4-6-20-5-2-3-8-25(20)21/h2-16H,18H2,1H3,(H,30,32). The van der Waals surface area contributed by atoms with E-state index in [9.17, 15) is 20.2 Å². The second kappa shape index (κ2) is 10.8. The van der Waals surface area contributed by atoms with E-state index >= 15 is 0 Å². The van der Waals surface area contributed by atoms with Crippen LogP contribution in [-0.4, -0.2) is 17.9 Å². The quantitative estimate of drug-likeness (QED) is 0.146. The number of ether oxygens (including phenoxy) is 2. The largest absolute Gasteiger partial charge is 0.493 e. The number of nitrogens with one attached hydrogen (secondary N) is 1. The molecule has 0 saturated carbocycles. The molecule has 0 radical (unpaired) electrons. The molecule has 0 aromatic heterocycles. The van der Waals surface area contributed by atoms with Crippen molar-refractivity contribution in [2.45, 2.75) is 6.61 Å². The fraction of sp³-hybridized carbons (Fsp3) is 0.0714. The Morgan fingerprint density at radius 1 is 1.03 bits per heavy atom. The van der Waals surface area contributed by atoms with Crippen LogP contribution in [0, 0.1) is 21.4 Å². The third kappa shape index (κ3) is 5.48. The van der Waals surface area contributed by atoms with Crippen molar-refractivity contribution in [1.82, 2.24) is 0 Å². The van der Waals surface area contributed by atoms with Crippen molar-refractivity contribution >= 4 is 34.1 Å². The highest BCUT2D eigenvalue weighted by Crippen LogP contribution is 2.31. The summed E-state index contributed by atoms with van der Waals surface area (Å²) in [6.07, 6.45) is 1.44. The lowest BCUT2D eigenvalue weighted by molar-refractivity contribution is -0.384. The number of anilines is 1. The molecule has 8 heteroatoms. The summed E-state index contributed by atoms with van der Waals surface area (Å²) >= 11 is 0. The van der Waals surface area contributed by atoms with Crippen LogP contribution >= 0.6 is 0 Å². The van der Waals surface area contributed by atoms with Crippen molar-refractivity contribution in [3.8, 4) is 17.6 Å². The first-order chi connectivity index (χ1) is 17.5. The zero-order valence-electron chi connectivity index (χ0n) is 19.3. The average Bonchev–Trinajstić information content (AvgIpc) is 2.90. The van der Waals surface area contributed by atoms with Crippen molar-refractivity contribution in [1.29, 1.82) is 5.26 Å². The molecule has 4 aromatic carbocycles. The fourth-order valence-corrected chi connectivity index (χ4v) is 3.65. The van der Waals surface area contributed by atoms with E-state index in [0.717, 1.165) is 16.3 Å². The molecule has 1 N–H and O–H groups in total. The second-order valence-corrected chi connectivity index (χ2v) is 7.77. The number of benzene rings is 4. The molecule has 4 aromatic rings. The normalized spacial score (nSPS) is 10.9. The van der Waals surface area contributed by atoms with Crippen LogP contribution in [-0.2, 0) is 11.4 Å². The molecule has 0 unspecified atom stereocenters. The Bertz CT molecular complexity index is 1500. The van der Waals surface area contributed by atoms with Crippen LogP contribution in [0.25, 0.3) is 16.8 Å². The summed E-state index contributed by atoms with van der Waals surface area (Å²) in [6.45, 7) is 0.302. The molecule has 1 amide bonds. The number of non-ortho nitro benzene ring substituents is 1. The molecule has 0 heterocycles. The second-order valence-electron chi connectivity index (χ2n) is 7.77. The van der Waals surface area contributed by atoms with Crippen LogP contribution in [0.15, 0.2) is 90.5 Å². The molecular weight excluding hydrogens is 458 g/mol. The van der Waals surface area contributed by atoms with Gasteiger partial charge in [-0.05, 0) is 52.2 Å². The van der Waals surface area contributed by atoms with E-state index in [1.54, 1.807) is 18.2 Å². The number of amides is 1. The van der Waals surface area contributed by atoms with Crippen LogP contribution in [0.5, 0.6) is 11.5 Å². The highest BCUT2D eigenvalue weighted by molar-refractivity contribution is 6.09. The van der Waals surface area contributed by atoms with Crippen molar-refractivity contribution < 1.29 is 19.2 Å². The van der Waals surface area contributed by atoms with Crippen LogP contribution in [0.4, 0.5) is 11.4 Å². The summed E-state index contributed by atoms with van der Waals surface area (Å²) in [5.41, 5.74) is 1.67. The number of fused-ring (bicyclic) bond motifs is 1. The Morgan fingerprint density at radius 2 is 1.78 bits per heavy atom. The minimum Gasteiger partial charge on any atom is -0.493 e. The maximum absolute atomic E-state index is 12.6. The van der Waals surface area contributed by atoms with Crippen LogP contribution < -0.4 is 14.8 Å². The van der Waals surface area contributed by atoms with E-state index in [2.05, 4.69) is 5.32 Å².